The van der Waals surface area contributed by atoms with E-state index in [1.54, 1.807) is 7.11 Å². The fourth-order valence-corrected chi connectivity index (χ4v) is 3.25. The van der Waals surface area contributed by atoms with Crippen molar-refractivity contribution in [1.29, 1.82) is 0 Å². The molecule has 0 spiro atoms. The average molecular weight is 347 g/mol. The van der Waals surface area contributed by atoms with Crippen LogP contribution in [-0.4, -0.2) is 7.11 Å². The fraction of sp³-hybridized carbons (Fsp3) is 0.333. The summed E-state index contributed by atoms with van der Waals surface area (Å²) in [7, 11) is 1.67. The highest BCUT2D eigenvalue weighted by Gasteiger charge is 2.11. The first-order valence-electron chi connectivity index (χ1n) is 7.26. The van der Waals surface area contributed by atoms with Gasteiger partial charge in [0.05, 0.1) is 7.11 Å². The van der Waals surface area contributed by atoms with E-state index >= 15 is 0 Å². The van der Waals surface area contributed by atoms with Crippen molar-refractivity contribution in [2.75, 3.05) is 7.11 Å². The van der Waals surface area contributed by atoms with E-state index in [0.29, 0.717) is 6.61 Å². The lowest BCUT2D eigenvalue weighted by Gasteiger charge is -2.12. The summed E-state index contributed by atoms with van der Waals surface area (Å²) >= 11 is 3.50. The molecule has 0 atom stereocenters. The second kappa shape index (κ2) is 6.52. The Morgan fingerprint density at radius 3 is 2.71 bits per heavy atom. The second-order valence-electron chi connectivity index (χ2n) is 5.35. The third-order valence-corrected chi connectivity index (χ3v) is 4.58. The summed E-state index contributed by atoms with van der Waals surface area (Å²) < 4.78 is 11.3. The standard InChI is InChI=1S/C18H19BrO2/c1-20-17-8-7-16(11-19)18(10-17)21-12-13-5-6-14-3-2-4-15(14)9-13/h5-10H,2-4,11-12H2,1H3. The van der Waals surface area contributed by atoms with Crippen molar-refractivity contribution < 1.29 is 9.47 Å². The van der Waals surface area contributed by atoms with Gasteiger partial charge in [-0.3, -0.25) is 0 Å². The third-order valence-electron chi connectivity index (χ3n) is 3.98. The highest BCUT2D eigenvalue weighted by Crippen LogP contribution is 2.28. The highest BCUT2D eigenvalue weighted by atomic mass is 79.9. The zero-order valence-corrected chi connectivity index (χ0v) is 13.8. The van der Waals surface area contributed by atoms with Gasteiger partial charge in [-0.05, 0) is 42.0 Å². The molecule has 0 unspecified atom stereocenters. The average Bonchev–Trinajstić information content (AvgIpc) is 3.00. The molecule has 0 aromatic heterocycles. The van der Waals surface area contributed by atoms with Gasteiger partial charge in [-0.15, -0.1) is 0 Å². The fourth-order valence-electron chi connectivity index (χ4n) is 2.78. The van der Waals surface area contributed by atoms with Crippen LogP contribution in [0.4, 0.5) is 0 Å². The Morgan fingerprint density at radius 1 is 1.05 bits per heavy atom. The van der Waals surface area contributed by atoms with Crippen LogP contribution in [0.25, 0.3) is 0 Å². The third kappa shape index (κ3) is 3.24. The SMILES string of the molecule is COc1ccc(CBr)c(OCc2ccc3c(c2)CCC3)c1. The Bertz CT molecular complexity index is 637. The summed E-state index contributed by atoms with van der Waals surface area (Å²) in [5, 5.41) is 0.774. The van der Waals surface area contributed by atoms with E-state index < -0.39 is 0 Å². The molecule has 3 heteroatoms. The summed E-state index contributed by atoms with van der Waals surface area (Å²) in [6.07, 6.45) is 3.71. The number of rotatable bonds is 5. The first-order valence-corrected chi connectivity index (χ1v) is 8.38. The summed E-state index contributed by atoms with van der Waals surface area (Å²) in [5.41, 5.74) is 5.36. The minimum Gasteiger partial charge on any atom is -0.497 e. The number of fused-ring (bicyclic) bond motifs is 1. The Labute approximate surface area is 134 Å². The number of ether oxygens (including phenoxy) is 2. The van der Waals surface area contributed by atoms with E-state index in [0.717, 1.165) is 22.4 Å². The van der Waals surface area contributed by atoms with Gasteiger partial charge in [-0.1, -0.05) is 40.2 Å². The number of benzene rings is 2. The molecule has 2 aromatic carbocycles. The van der Waals surface area contributed by atoms with Crippen LogP contribution in [0.1, 0.15) is 28.7 Å². The van der Waals surface area contributed by atoms with Crippen LogP contribution in [-0.2, 0) is 24.8 Å². The molecular formula is C18H19BrO2. The summed E-state index contributed by atoms with van der Waals surface area (Å²) in [6.45, 7) is 0.598. The molecule has 0 fully saturated rings. The monoisotopic (exact) mass is 346 g/mol. The molecule has 3 rings (SSSR count). The summed E-state index contributed by atoms with van der Waals surface area (Å²) in [5.74, 6) is 1.70. The predicted octanol–water partition coefficient (Wildman–Crippen LogP) is 4.66. The molecule has 2 aromatic rings. The van der Waals surface area contributed by atoms with Crippen molar-refractivity contribution in [3.63, 3.8) is 0 Å². The molecule has 0 amide bonds. The van der Waals surface area contributed by atoms with Crippen molar-refractivity contribution in [1.82, 2.24) is 0 Å². The molecule has 0 aliphatic heterocycles. The smallest absolute Gasteiger partial charge is 0.127 e. The molecule has 110 valence electrons. The molecule has 0 N–H and O–H groups in total. The number of hydrogen-bond acceptors (Lipinski definition) is 2. The number of halogens is 1. The van der Waals surface area contributed by atoms with E-state index in [1.165, 1.54) is 36.0 Å². The minimum absolute atomic E-state index is 0.598. The Balaban J connectivity index is 1.75. The number of hydrogen-bond donors (Lipinski definition) is 0. The Morgan fingerprint density at radius 2 is 1.90 bits per heavy atom. The zero-order chi connectivity index (χ0) is 14.7. The molecule has 1 aliphatic carbocycles. The number of aryl methyl sites for hydroxylation is 2. The molecule has 0 heterocycles. The van der Waals surface area contributed by atoms with Crippen molar-refractivity contribution in [3.05, 3.63) is 58.7 Å². The van der Waals surface area contributed by atoms with Gasteiger partial charge in [0.1, 0.15) is 18.1 Å². The maximum Gasteiger partial charge on any atom is 0.127 e. The van der Waals surface area contributed by atoms with Gasteiger partial charge in [-0.25, -0.2) is 0 Å². The molecule has 1 aliphatic rings. The van der Waals surface area contributed by atoms with E-state index in [1.807, 2.05) is 18.2 Å². The first-order chi connectivity index (χ1) is 10.3. The second-order valence-corrected chi connectivity index (χ2v) is 5.91. The lowest BCUT2D eigenvalue weighted by molar-refractivity contribution is 0.301. The summed E-state index contributed by atoms with van der Waals surface area (Å²) in [6, 6.07) is 12.7. The topological polar surface area (TPSA) is 18.5 Å². The van der Waals surface area contributed by atoms with Crippen molar-refractivity contribution in [2.24, 2.45) is 0 Å². The first kappa shape index (κ1) is 14.5. The molecule has 0 radical (unpaired) electrons. The van der Waals surface area contributed by atoms with Crippen LogP contribution in [0.15, 0.2) is 36.4 Å². The van der Waals surface area contributed by atoms with Gasteiger partial charge in [-0.2, -0.15) is 0 Å². The van der Waals surface area contributed by atoms with E-state index in [-0.39, 0.29) is 0 Å². The van der Waals surface area contributed by atoms with Gasteiger partial charge in [0.15, 0.2) is 0 Å². The normalized spacial score (nSPS) is 13.0. The van der Waals surface area contributed by atoms with Gasteiger partial charge in [0.25, 0.3) is 0 Å². The molecule has 2 nitrogen and oxygen atoms in total. The van der Waals surface area contributed by atoms with Gasteiger partial charge in [0.2, 0.25) is 0 Å². The Hall–Kier alpha value is -1.48. The maximum atomic E-state index is 6.01. The van der Waals surface area contributed by atoms with Crippen LogP contribution in [0.5, 0.6) is 11.5 Å². The van der Waals surface area contributed by atoms with Crippen LogP contribution < -0.4 is 9.47 Å². The zero-order valence-electron chi connectivity index (χ0n) is 12.2. The molecular weight excluding hydrogens is 328 g/mol. The molecule has 21 heavy (non-hydrogen) atoms. The molecule has 0 saturated heterocycles. The lowest BCUT2D eigenvalue weighted by Crippen LogP contribution is -1.99. The van der Waals surface area contributed by atoms with Gasteiger partial charge < -0.3 is 9.47 Å². The molecule has 0 bridgehead atoms. The van der Waals surface area contributed by atoms with Crippen molar-refractivity contribution >= 4 is 15.9 Å². The lowest BCUT2D eigenvalue weighted by atomic mass is 10.1. The van der Waals surface area contributed by atoms with Crippen LogP contribution in [0.2, 0.25) is 0 Å². The van der Waals surface area contributed by atoms with Crippen LogP contribution in [0.3, 0.4) is 0 Å². The van der Waals surface area contributed by atoms with Crippen LogP contribution >= 0.6 is 15.9 Å². The maximum absolute atomic E-state index is 6.01. The van der Waals surface area contributed by atoms with Crippen LogP contribution in [0, 0.1) is 0 Å². The molecule has 0 saturated carbocycles. The van der Waals surface area contributed by atoms with Crippen molar-refractivity contribution in [3.8, 4) is 11.5 Å². The van der Waals surface area contributed by atoms with E-state index in [2.05, 4.69) is 34.1 Å². The van der Waals surface area contributed by atoms with Gasteiger partial charge >= 0.3 is 0 Å². The Kier molecular flexibility index (Phi) is 4.49. The van der Waals surface area contributed by atoms with Crippen molar-refractivity contribution in [2.45, 2.75) is 31.2 Å². The van der Waals surface area contributed by atoms with E-state index in [9.17, 15) is 0 Å². The highest BCUT2D eigenvalue weighted by molar-refractivity contribution is 9.08. The number of alkyl halides is 1. The van der Waals surface area contributed by atoms with E-state index in [4.69, 9.17) is 9.47 Å². The minimum atomic E-state index is 0.598. The predicted molar refractivity (Wildman–Crippen MR) is 88.4 cm³/mol. The number of methoxy groups -OCH3 is 1. The quantitative estimate of drug-likeness (QED) is 0.733. The van der Waals surface area contributed by atoms with Gasteiger partial charge in [0, 0.05) is 17.0 Å². The largest absolute Gasteiger partial charge is 0.497 e. The summed E-state index contributed by atoms with van der Waals surface area (Å²) in [4.78, 5) is 0.